The fraction of sp³-hybridized carbons (Fsp3) is 0.545. The number of rotatable bonds is 6. The van der Waals surface area contributed by atoms with Crippen molar-refractivity contribution in [1.82, 2.24) is 9.80 Å². The zero-order valence-corrected chi connectivity index (χ0v) is 16.7. The van der Waals surface area contributed by atoms with Crippen molar-refractivity contribution in [2.75, 3.05) is 32.8 Å². The highest BCUT2D eigenvalue weighted by Gasteiger charge is 2.33. The molecule has 27 heavy (non-hydrogen) atoms. The topological polar surface area (TPSA) is 35.9 Å². The van der Waals surface area contributed by atoms with Gasteiger partial charge < -0.3 is 9.84 Å². The molecule has 5 heteroatoms. The van der Waals surface area contributed by atoms with Crippen molar-refractivity contribution in [3.8, 4) is 0 Å². The highest BCUT2D eigenvalue weighted by Crippen LogP contribution is 2.32. The summed E-state index contributed by atoms with van der Waals surface area (Å²) < 4.78 is 5.87. The molecule has 0 saturated carbocycles. The third-order valence-electron chi connectivity index (χ3n) is 5.70. The van der Waals surface area contributed by atoms with Crippen molar-refractivity contribution in [2.45, 2.75) is 44.5 Å². The average molecular weight is 387 g/mol. The molecular weight excluding hydrogens is 356 g/mol. The lowest BCUT2D eigenvalue weighted by Crippen LogP contribution is -2.46. The average Bonchev–Trinajstić information content (AvgIpc) is 3.16. The summed E-state index contributed by atoms with van der Waals surface area (Å²) in [7, 11) is 0. The summed E-state index contributed by atoms with van der Waals surface area (Å²) in [4.78, 5) is 6.45. The maximum Gasteiger partial charge on any atom is 0.100 e. The maximum absolute atomic E-state index is 9.84. The van der Waals surface area contributed by atoms with Crippen molar-refractivity contribution < 1.29 is 9.84 Å². The number of benzene rings is 1. The summed E-state index contributed by atoms with van der Waals surface area (Å²) in [6.45, 7) is 6.12. The summed E-state index contributed by atoms with van der Waals surface area (Å²) in [5, 5.41) is 12.2. The second-order valence-electron chi connectivity index (χ2n) is 7.68. The molecule has 4 rings (SSSR count). The smallest absolute Gasteiger partial charge is 0.100 e. The van der Waals surface area contributed by atoms with Crippen LogP contribution in [-0.4, -0.2) is 53.9 Å². The lowest BCUT2D eigenvalue weighted by molar-refractivity contribution is -0.0957. The highest BCUT2D eigenvalue weighted by atomic mass is 32.1. The van der Waals surface area contributed by atoms with E-state index in [1.165, 1.54) is 48.4 Å². The van der Waals surface area contributed by atoms with Gasteiger partial charge in [0.15, 0.2) is 0 Å². The number of likely N-dealkylation sites (tertiary alicyclic amines) is 1. The minimum Gasteiger partial charge on any atom is -0.394 e. The summed E-state index contributed by atoms with van der Waals surface area (Å²) in [6.07, 6.45) is 3.90. The van der Waals surface area contributed by atoms with Gasteiger partial charge >= 0.3 is 0 Å². The SMILES string of the molecule is OC[C@H]1OCCN(Cc2cc(CN3CCCCC3)cs2)[C@@H]1c1ccccc1. The second-order valence-corrected chi connectivity index (χ2v) is 8.67. The Hall–Kier alpha value is -1.24. The van der Waals surface area contributed by atoms with Crippen molar-refractivity contribution in [3.05, 3.63) is 57.8 Å². The highest BCUT2D eigenvalue weighted by molar-refractivity contribution is 7.10. The maximum atomic E-state index is 9.84. The Labute approximate surface area is 166 Å². The normalized spacial score (nSPS) is 24.9. The number of thiophene rings is 1. The molecule has 1 N–H and O–H groups in total. The van der Waals surface area contributed by atoms with Crippen LogP contribution in [0.15, 0.2) is 41.8 Å². The first-order valence-electron chi connectivity index (χ1n) is 10.1. The standard InChI is InChI=1S/C22H30N2O2S/c25-16-21-22(19-7-3-1-4-8-19)24(11-12-26-21)15-20-13-18(17-27-20)14-23-9-5-2-6-10-23/h1,3-4,7-8,13,17,21-22,25H,2,5-6,9-12,14-16H2/t21-,22-/m1/s1. The first kappa shape index (κ1) is 19.1. The molecule has 2 aliphatic rings. The van der Waals surface area contributed by atoms with Crippen molar-refractivity contribution in [1.29, 1.82) is 0 Å². The molecule has 0 unspecified atom stereocenters. The summed E-state index contributed by atoms with van der Waals surface area (Å²) >= 11 is 1.87. The number of aliphatic hydroxyl groups is 1. The van der Waals surface area contributed by atoms with E-state index in [1.54, 1.807) is 0 Å². The molecule has 2 fully saturated rings. The molecule has 2 aromatic rings. The van der Waals surface area contributed by atoms with E-state index in [0.717, 1.165) is 19.6 Å². The van der Waals surface area contributed by atoms with Crippen molar-refractivity contribution >= 4 is 11.3 Å². The number of hydrogen-bond acceptors (Lipinski definition) is 5. The lowest BCUT2D eigenvalue weighted by atomic mass is 9.98. The molecule has 0 spiro atoms. The van der Waals surface area contributed by atoms with E-state index >= 15 is 0 Å². The van der Waals surface area contributed by atoms with Gasteiger partial charge in [0.25, 0.3) is 0 Å². The van der Waals surface area contributed by atoms with Crippen LogP contribution in [0.4, 0.5) is 0 Å². The third kappa shape index (κ3) is 4.79. The number of piperidine rings is 1. The van der Waals surface area contributed by atoms with E-state index in [0.29, 0.717) is 6.61 Å². The molecule has 0 amide bonds. The molecule has 0 radical (unpaired) electrons. The molecule has 0 aliphatic carbocycles. The van der Waals surface area contributed by atoms with Gasteiger partial charge in [0.1, 0.15) is 6.10 Å². The molecule has 2 saturated heterocycles. The predicted molar refractivity (Wildman–Crippen MR) is 110 cm³/mol. The van der Waals surface area contributed by atoms with E-state index < -0.39 is 0 Å². The summed E-state index contributed by atoms with van der Waals surface area (Å²) in [6, 6.07) is 13.0. The zero-order valence-electron chi connectivity index (χ0n) is 15.9. The van der Waals surface area contributed by atoms with Crippen molar-refractivity contribution in [2.24, 2.45) is 0 Å². The van der Waals surface area contributed by atoms with Gasteiger partial charge in [-0.1, -0.05) is 36.8 Å². The van der Waals surface area contributed by atoms with Gasteiger partial charge in [-0.25, -0.2) is 0 Å². The molecular formula is C22H30N2O2S. The van der Waals surface area contributed by atoms with Crippen LogP contribution in [0.2, 0.25) is 0 Å². The fourth-order valence-electron chi connectivity index (χ4n) is 4.36. The second kappa shape index (κ2) is 9.30. The van der Waals surface area contributed by atoms with Crippen LogP contribution >= 0.6 is 11.3 Å². The minimum absolute atomic E-state index is 0.0563. The van der Waals surface area contributed by atoms with Gasteiger partial charge in [-0.2, -0.15) is 0 Å². The van der Waals surface area contributed by atoms with E-state index in [1.807, 2.05) is 17.4 Å². The van der Waals surface area contributed by atoms with Gasteiger partial charge in [-0.3, -0.25) is 9.80 Å². The largest absolute Gasteiger partial charge is 0.394 e. The van der Waals surface area contributed by atoms with Gasteiger partial charge in [0, 0.05) is 24.5 Å². The van der Waals surface area contributed by atoms with E-state index in [9.17, 15) is 5.11 Å². The van der Waals surface area contributed by atoms with Crippen LogP contribution in [-0.2, 0) is 17.8 Å². The third-order valence-corrected chi connectivity index (χ3v) is 6.67. The zero-order chi connectivity index (χ0) is 18.5. The minimum atomic E-state index is -0.158. The van der Waals surface area contributed by atoms with E-state index in [2.05, 4.69) is 45.5 Å². The predicted octanol–water partition coefficient (Wildman–Crippen LogP) is 3.67. The first-order chi connectivity index (χ1) is 13.3. The van der Waals surface area contributed by atoms with Gasteiger partial charge in [-0.15, -0.1) is 11.3 Å². The molecule has 3 heterocycles. The fourth-order valence-corrected chi connectivity index (χ4v) is 5.27. The monoisotopic (exact) mass is 386 g/mol. The molecule has 0 bridgehead atoms. The van der Waals surface area contributed by atoms with Gasteiger partial charge in [0.05, 0.1) is 19.3 Å². The molecule has 1 aromatic carbocycles. The first-order valence-corrected chi connectivity index (χ1v) is 11.0. The quantitative estimate of drug-likeness (QED) is 0.822. The number of ether oxygens (including phenoxy) is 1. The Kier molecular flexibility index (Phi) is 6.58. The molecule has 2 aliphatic heterocycles. The van der Waals surface area contributed by atoms with Crippen LogP contribution < -0.4 is 0 Å². The summed E-state index contributed by atoms with van der Waals surface area (Å²) in [5.41, 5.74) is 2.67. The molecule has 2 atom stereocenters. The van der Waals surface area contributed by atoms with Crippen LogP contribution in [0.25, 0.3) is 0 Å². The number of nitrogens with zero attached hydrogens (tertiary/aromatic N) is 2. The van der Waals surface area contributed by atoms with E-state index in [4.69, 9.17) is 4.74 Å². The van der Waals surface area contributed by atoms with Crippen molar-refractivity contribution in [3.63, 3.8) is 0 Å². The Morgan fingerprint density at radius 2 is 1.85 bits per heavy atom. The van der Waals surface area contributed by atoms with Crippen LogP contribution in [0.5, 0.6) is 0 Å². The lowest BCUT2D eigenvalue weighted by Gasteiger charge is -2.40. The summed E-state index contributed by atoms with van der Waals surface area (Å²) in [5.74, 6) is 0. The Balaban J connectivity index is 1.45. The Morgan fingerprint density at radius 3 is 2.63 bits per heavy atom. The Bertz CT molecular complexity index is 699. The molecule has 4 nitrogen and oxygen atoms in total. The van der Waals surface area contributed by atoms with Crippen LogP contribution in [0.1, 0.15) is 41.3 Å². The van der Waals surface area contributed by atoms with E-state index in [-0.39, 0.29) is 18.8 Å². The number of aliphatic hydroxyl groups excluding tert-OH is 1. The molecule has 146 valence electrons. The van der Waals surface area contributed by atoms with Gasteiger partial charge in [-0.05, 0) is 48.5 Å². The Morgan fingerprint density at radius 1 is 1.04 bits per heavy atom. The number of morpholine rings is 1. The van der Waals surface area contributed by atoms with Crippen LogP contribution in [0.3, 0.4) is 0 Å². The van der Waals surface area contributed by atoms with Crippen LogP contribution in [0, 0.1) is 0 Å². The molecule has 1 aromatic heterocycles. The number of hydrogen-bond donors (Lipinski definition) is 1. The van der Waals surface area contributed by atoms with Gasteiger partial charge in [0.2, 0.25) is 0 Å².